The lowest BCUT2D eigenvalue weighted by Gasteiger charge is -2.11. The van der Waals surface area contributed by atoms with Crippen molar-refractivity contribution in [2.45, 2.75) is 31.2 Å². The minimum absolute atomic E-state index is 0.0414. The van der Waals surface area contributed by atoms with E-state index in [9.17, 15) is 4.79 Å². The van der Waals surface area contributed by atoms with Gasteiger partial charge in [0.05, 0.1) is 24.7 Å². The fraction of sp³-hybridized carbons (Fsp3) is 0.400. The number of carbonyl (C=O) groups excluding carboxylic acids is 1. The summed E-state index contributed by atoms with van der Waals surface area (Å²) in [7, 11) is 1.53. The number of carbonyl (C=O) groups is 1. The molecule has 1 amide bonds. The molecule has 0 spiro atoms. The van der Waals surface area contributed by atoms with Gasteiger partial charge in [-0.25, -0.2) is 0 Å². The van der Waals surface area contributed by atoms with Gasteiger partial charge in [-0.1, -0.05) is 28.5 Å². The number of thioether (sulfide) groups is 1. The van der Waals surface area contributed by atoms with Crippen LogP contribution in [0.1, 0.15) is 19.4 Å². The maximum atomic E-state index is 12.1. The van der Waals surface area contributed by atoms with Crippen molar-refractivity contribution in [3.8, 4) is 10.9 Å². The molecule has 0 unspecified atom stereocenters. The molecular weight excluding hydrogens is 370 g/mol. The number of rotatable bonds is 7. The van der Waals surface area contributed by atoms with Crippen molar-refractivity contribution >= 4 is 46.3 Å². The molecule has 6 nitrogen and oxygen atoms in total. The number of nitrogens with one attached hydrogen (secondary N) is 1. The second-order valence-electron chi connectivity index (χ2n) is 5.14. The van der Waals surface area contributed by atoms with Gasteiger partial charge in [-0.3, -0.25) is 4.79 Å². The third-order valence-electron chi connectivity index (χ3n) is 2.81. The summed E-state index contributed by atoms with van der Waals surface area (Å²) >= 11 is 8.68. The lowest BCUT2D eigenvalue weighted by molar-refractivity contribution is -0.113. The Bertz CT molecular complexity index is 722. The maximum Gasteiger partial charge on any atom is 0.295 e. The smallest absolute Gasteiger partial charge is 0.295 e. The van der Waals surface area contributed by atoms with Crippen LogP contribution in [-0.2, 0) is 4.79 Å². The minimum Gasteiger partial charge on any atom is -0.495 e. The zero-order valence-corrected chi connectivity index (χ0v) is 16.1. The molecule has 1 heterocycles. The number of hydrogen-bond acceptors (Lipinski definition) is 7. The van der Waals surface area contributed by atoms with Crippen LogP contribution in [0.5, 0.6) is 10.9 Å². The average molecular weight is 388 g/mol. The largest absolute Gasteiger partial charge is 0.495 e. The fourth-order valence-corrected chi connectivity index (χ4v) is 3.51. The Labute approximate surface area is 153 Å². The van der Waals surface area contributed by atoms with E-state index in [0.29, 0.717) is 26.0 Å². The Kier molecular flexibility index (Phi) is 6.70. The quantitative estimate of drug-likeness (QED) is 0.723. The molecule has 1 aromatic heterocycles. The van der Waals surface area contributed by atoms with E-state index in [0.717, 1.165) is 5.56 Å². The van der Waals surface area contributed by atoms with Crippen molar-refractivity contribution < 1.29 is 14.3 Å². The zero-order chi connectivity index (χ0) is 17.7. The normalized spacial score (nSPS) is 10.8. The molecule has 1 aromatic carbocycles. The summed E-state index contributed by atoms with van der Waals surface area (Å²) in [6.45, 7) is 5.70. The Balaban J connectivity index is 1.94. The van der Waals surface area contributed by atoms with Crippen molar-refractivity contribution in [2.24, 2.45) is 0 Å². The van der Waals surface area contributed by atoms with Crippen LogP contribution in [-0.4, -0.2) is 35.1 Å². The average Bonchev–Trinajstić information content (AvgIpc) is 2.95. The summed E-state index contributed by atoms with van der Waals surface area (Å²) in [6.07, 6.45) is 0.0414. The monoisotopic (exact) mass is 387 g/mol. The highest BCUT2D eigenvalue weighted by Gasteiger charge is 2.13. The first kappa shape index (κ1) is 18.8. The fourth-order valence-electron chi connectivity index (χ4n) is 1.75. The molecule has 0 radical (unpaired) electrons. The molecule has 1 N–H and O–H groups in total. The van der Waals surface area contributed by atoms with E-state index < -0.39 is 0 Å². The molecule has 2 aromatic rings. The summed E-state index contributed by atoms with van der Waals surface area (Å²) < 4.78 is 11.4. The highest BCUT2D eigenvalue weighted by molar-refractivity contribution is 8.01. The van der Waals surface area contributed by atoms with Crippen molar-refractivity contribution in [1.29, 1.82) is 0 Å². The molecule has 0 saturated heterocycles. The van der Waals surface area contributed by atoms with E-state index >= 15 is 0 Å². The zero-order valence-electron chi connectivity index (χ0n) is 13.8. The number of hydrogen-bond donors (Lipinski definition) is 1. The van der Waals surface area contributed by atoms with Crippen LogP contribution < -0.4 is 14.8 Å². The third-order valence-corrected chi connectivity index (χ3v) is 5.16. The number of nitrogens with zero attached hydrogens (tertiary/aromatic N) is 2. The number of amides is 1. The Morgan fingerprint density at radius 2 is 2.17 bits per heavy atom. The number of methoxy groups -OCH3 is 1. The molecule has 130 valence electrons. The number of halogens is 1. The van der Waals surface area contributed by atoms with Crippen LogP contribution in [0.2, 0.25) is 5.02 Å². The van der Waals surface area contributed by atoms with Crippen LogP contribution in [0, 0.1) is 6.92 Å². The van der Waals surface area contributed by atoms with Crippen molar-refractivity contribution in [1.82, 2.24) is 10.2 Å². The van der Waals surface area contributed by atoms with E-state index in [-0.39, 0.29) is 17.8 Å². The molecule has 0 saturated carbocycles. The minimum atomic E-state index is -0.165. The summed E-state index contributed by atoms with van der Waals surface area (Å²) in [5, 5.41) is 11.8. The van der Waals surface area contributed by atoms with Gasteiger partial charge in [-0.05, 0) is 43.7 Å². The first-order valence-electron chi connectivity index (χ1n) is 7.16. The standard InChI is InChI=1S/C15H18ClN3O3S2/c1-8(2)22-14-18-19-15(24-14)23-7-13(20)17-11-5-9(3)10(16)6-12(11)21-4/h5-6,8H,7H2,1-4H3,(H,17,20). The predicted molar refractivity (Wildman–Crippen MR) is 97.8 cm³/mol. The first-order chi connectivity index (χ1) is 11.4. The summed E-state index contributed by atoms with van der Waals surface area (Å²) in [6, 6.07) is 3.46. The van der Waals surface area contributed by atoms with Crippen LogP contribution in [0.25, 0.3) is 0 Å². The molecule has 0 aliphatic rings. The Hall–Kier alpha value is -1.51. The first-order valence-corrected chi connectivity index (χ1v) is 9.34. The lowest BCUT2D eigenvalue weighted by Crippen LogP contribution is -2.14. The van der Waals surface area contributed by atoms with Gasteiger partial charge < -0.3 is 14.8 Å². The van der Waals surface area contributed by atoms with Gasteiger partial charge in [0.15, 0.2) is 4.34 Å². The second-order valence-corrected chi connectivity index (χ2v) is 7.71. The van der Waals surface area contributed by atoms with Gasteiger partial charge in [0, 0.05) is 11.1 Å². The van der Waals surface area contributed by atoms with Crippen molar-refractivity contribution in [2.75, 3.05) is 18.2 Å². The van der Waals surface area contributed by atoms with Gasteiger partial charge >= 0.3 is 0 Å². The number of benzene rings is 1. The van der Waals surface area contributed by atoms with Crippen LogP contribution >= 0.6 is 34.7 Å². The molecule has 9 heteroatoms. The number of ether oxygens (including phenoxy) is 2. The molecule has 0 bridgehead atoms. The topological polar surface area (TPSA) is 73.3 Å². The molecule has 24 heavy (non-hydrogen) atoms. The molecule has 0 fully saturated rings. The van der Waals surface area contributed by atoms with Gasteiger partial charge in [0.25, 0.3) is 5.19 Å². The van der Waals surface area contributed by atoms with Gasteiger partial charge in [0.1, 0.15) is 5.75 Å². The third kappa shape index (κ3) is 5.25. The molecular formula is C15H18ClN3O3S2. The molecule has 0 atom stereocenters. The number of aromatic nitrogens is 2. The molecule has 0 aliphatic heterocycles. The summed E-state index contributed by atoms with van der Waals surface area (Å²) in [5.41, 5.74) is 1.45. The maximum absolute atomic E-state index is 12.1. The van der Waals surface area contributed by atoms with Crippen LogP contribution in [0.15, 0.2) is 16.5 Å². The van der Waals surface area contributed by atoms with Crippen LogP contribution in [0.4, 0.5) is 5.69 Å². The molecule has 2 rings (SSSR count). The SMILES string of the molecule is COc1cc(Cl)c(C)cc1NC(=O)CSc1nnc(OC(C)C)s1. The Morgan fingerprint density at radius 3 is 2.83 bits per heavy atom. The number of aryl methyl sites for hydroxylation is 1. The van der Waals surface area contributed by atoms with E-state index in [4.69, 9.17) is 21.1 Å². The van der Waals surface area contributed by atoms with E-state index in [1.54, 1.807) is 12.1 Å². The van der Waals surface area contributed by atoms with Gasteiger partial charge in [0.2, 0.25) is 5.91 Å². The van der Waals surface area contributed by atoms with E-state index in [1.807, 2.05) is 20.8 Å². The predicted octanol–water partition coefficient (Wildman–Crippen LogP) is 4.03. The second kappa shape index (κ2) is 8.55. The lowest BCUT2D eigenvalue weighted by atomic mass is 10.2. The highest BCUT2D eigenvalue weighted by atomic mass is 35.5. The van der Waals surface area contributed by atoms with Gasteiger partial charge in [-0.2, -0.15) is 0 Å². The summed E-state index contributed by atoms with van der Waals surface area (Å²) in [4.78, 5) is 12.1. The molecule has 0 aliphatic carbocycles. The van der Waals surface area contributed by atoms with Crippen LogP contribution in [0.3, 0.4) is 0 Å². The Morgan fingerprint density at radius 1 is 1.42 bits per heavy atom. The van der Waals surface area contributed by atoms with Crippen molar-refractivity contribution in [3.05, 3.63) is 22.7 Å². The summed E-state index contributed by atoms with van der Waals surface area (Å²) in [5.74, 6) is 0.565. The van der Waals surface area contributed by atoms with E-state index in [2.05, 4.69) is 15.5 Å². The van der Waals surface area contributed by atoms with Crippen molar-refractivity contribution in [3.63, 3.8) is 0 Å². The highest BCUT2D eigenvalue weighted by Crippen LogP contribution is 2.32. The van der Waals surface area contributed by atoms with E-state index in [1.165, 1.54) is 30.2 Å². The van der Waals surface area contributed by atoms with Gasteiger partial charge in [-0.15, -0.1) is 5.10 Å². The number of anilines is 1.